The normalized spacial score (nSPS) is 16.3. The number of nitriles is 1. The molecule has 0 aliphatic carbocycles. The fourth-order valence-electron chi connectivity index (χ4n) is 4.88. The number of aromatic amines is 1. The topological polar surface area (TPSA) is 163 Å². The number of benzene rings is 2. The summed E-state index contributed by atoms with van der Waals surface area (Å²) < 4.78 is 38.8. The van der Waals surface area contributed by atoms with Gasteiger partial charge in [-0.2, -0.15) is 5.26 Å². The highest BCUT2D eigenvalue weighted by Gasteiger charge is 2.36. The number of methoxy groups -OCH3 is 4. The standard InChI is InChI=1S/C28H29N5O8/c1-35-19-11-15(5-6-18(19)40-28(34)33-7-9-39-10-8-33)22-17(14-29)26(30)41-27-23(22)24(31-32-27)16-12-20(36-2)25(38-4)21(13-16)37-3/h5-6,11-13,22H,7-10,30H2,1-4H3,(H,31,32). The zero-order valence-electron chi connectivity index (χ0n) is 23.0. The molecule has 2 aromatic carbocycles. The van der Waals surface area contributed by atoms with Gasteiger partial charge in [0, 0.05) is 18.7 Å². The van der Waals surface area contributed by atoms with Crippen LogP contribution in [-0.2, 0) is 4.74 Å². The van der Waals surface area contributed by atoms with Crippen LogP contribution in [0, 0.1) is 11.3 Å². The van der Waals surface area contributed by atoms with Gasteiger partial charge in [0.1, 0.15) is 11.6 Å². The maximum atomic E-state index is 12.7. The molecule has 2 aliphatic rings. The highest BCUT2D eigenvalue weighted by molar-refractivity contribution is 5.76. The number of morpholine rings is 1. The highest BCUT2D eigenvalue weighted by atomic mass is 16.6. The first-order chi connectivity index (χ1) is 19.9. The van der Waals surface area contributed by atoms with Crippen LogP contribution in [0.3, 0.4) is 0 Å². The second-order valence-corrected chi connectivity index (χ2v) is 9.03. The van der Waals surface area contributed by atoms with Crippen LogP contribution in [0.2, 0.25) is 0 Å². The van der Waals surface area contributed by atoms with E-state index in [1.54, 1.807) is 35.2 Å². The minimum atomic E-state index is -0.700. The number of amides is 1. The zero-order chi connectivity index (χ0) is 29.1. The predicted molar refractivity (Wildman–Crippen MR) is 144 cm³/mol. The number of ether oxygens (including phenoxy) is 7. The van der Waals surface area contributed by atoms with Crippen LogP contribution in [-0.4, -0.2) is 75.9 Å². The third-order valence-electron chi connectivity index (χ3n) is 6.88. The number of nitrogens with two attached hydrogens (primary N) is 1. The molecule has 1 fully saturated rings. The van der Waals surface area contributed by atoms with Crippen molar-refractivity contribution in [3.8, 4) is 52.0 Å². The molecule has 5 rings (SSSR count). The lowest BCUT2D eigenvalue weighted by Gasteiger charge is -2.27. The quantitative estimate of drug-likeness (QED) is 0.434. The monoisotopic (exact) mass is 563 g/mol. The summed E-state index contributed by atoms with van der Waals surface area (Å²) in [4.78, 5) is 14.3. The third-order valence-corrected chi connectivity index (χ3v) is 6.88. The average Bonchev–Trinajstić information content (AvgIpc) is 3.43. The summed E-state index contributed by atoms with van der Waals surface area (Å²) >= 11 is 0. The van der Waals surface area contributed by atoms with E-state index < -0.39 is 12.0 Å². The summed E-state index contributed by atoms with van der Waals surface area (Å²) in [5.41, 5.74) is 8.72. The summed E-state index contributed by atoms with van der Waals surface area (Å²) in [6.07, 6.45) is -0.505. The molecule has 1 atom stereocenters. The molecule has 2 aliphatic heterocycles. The van der Waals surface area contributed by atoms with Gasteiger partial charge in [-0.3, -0.25) is 5.10 Å². The molecule has 3 N–H and O–H groups in total. The van der Waals surface area contributed by atoms with Crippen LogP contribution >= 0.6 is 0 Å². The molecule has 41 heavy (non-hydrogen) atoms. The van der Waals surface area contributed by atoms with Gasteiger partial charge in [-0.1, -0.05) is 6.07 Å². The van der Waals surface area contributed by atoms with E-state index in [4.69, 9.17) is 38.9 Å². The molecule has 1 saturated heterocycles. The van der Waals surface area contributed by atoms with Gasteiger partial charge < -0.3 is 43.8 Å². The molecule has 13 nitrogen and oxygen atoms in total. The third kappa shape index (κ3) is 5.01. The number of carbonyl (C=O) groups excluding carboxylic acids is 1. The number of carbonyl (C=O) groups is 1. The Labute approximate surface area is 235 Å². The van der Waals surface area contributed by atoms with Gasteiger partial charge in [0.15, 0.2) is 23.0 Å². The van der Waals surface area contributed by atoms with Crippen LogP contribution in [0.4, 0.5) is 4.79 Å². The summed E-state index contributed by atoms with van der Waals surface area (Å²) in [6, 6.07) is 10.7. The number of hydrogen-bond acceptors (Lipinski definition) is 11. The number of H-pyrrole nitrogens is 1. The van der Waals surface area contributed by atoms with Crippen LogP contribution < -0.4 is 34.2 Å². The molecular weight excluding hydrogens is 534 g/mol. The Balaban J connectivity index is 1.59. The van der Waals surface area contributed by atoms with Crippen molar-refractivity contribution in [2.24, 2.45) is 5.73 Å². The van der Waals surface area contributed by atoms with E-state index in [-0.39, 0.29) is 23.1 Å². The number of nitrogens with zero attached hydrogens (tertiary/aromatic N) is 3. The van der Waals surface area contributed by atoms with Crippen molar-refractivity contribution < 1.29 is 38.0 Å². The molecule has 13 heteroatoms. The zero-order valence-corrected chi connectivity index (χ0v) is 23.0. The Morgan fingerprint density at radius 2 is 1.71 bits per heavy atom. The second kappa shape index (κ2) is 11.6. The summed E-state index contributed by atoms with van der Waals surface area (Å²) in [6.45, 7) is 1.76. The molecule has 0 saturated carbocycles. The Kier molecular flexibility index (Phi) is 7.75. The maximum Gasteiger partial charge on any atom is 0.415 e. The van der Waals surface area contributed by atoms with Crippen molar-refractivity contribution in [3.05, 3.63) is 52.9 Å². The molecule has 0 radical (unpaired) electrons. The minimum Gasteiger partial charge on any atom is -0.493 e. The lowest BCUT2D eigenvalue weighted by molar-refractivity contribution is 0.0413. The predicted octanol–water partition coefficient (Wildman–Crippen LogP) is 3.16. The van der Waals surface area contributed by atoms with Crippen molar-refractivity contribution in [1.82, 2.24) is 15.1 Å². The van der Waals surface area contributed by atoms with E-state index in [9.17, 15) is 10.1 Å². The molecule has 3 aromatic rings. The average molecular weight is 564 g/mol. The molecule has 0 bridgehead atoms. The van der Waals surface area contributed by atoms with Crippen LogP contribution in [0.25, 0.3) is 11.3 Å². The van der Waals surface area contributed by atoms with Gasteiger partial charge in [-0.15, -0.1) is 5.10 Å². The van der Waals surface area contributed by atoms with Gasteiger partial charge in [0.25, 0.3) is 0 Å². The Morgan fingerprint density at radius 3 is 2.32 bits per heavy atom. The van der Waals surface area contributed by atoms with Crippen LogP contribution in [0.5, 0.6) is 34.6 Å². The number of hydrogen-bond donors (Lipinski definition) is 2. The summed E-state index contributed by atoms with van der Waals surface area (Å²) in [5, 5.41) is 17.5. The Hall–Kier alpha value is -5.09. The second-order valence-electron chi connectivity index (χ2n) is 9.03. The molecular formula is C28H29N5O8. The fraction of sp³-hybridized carbons (Fsp3) is 0.321. The van der Waals surface area contributed by atoms with E-state index in [0.29, 0.717) is 71.7 Å². The van der Waals surface area contributed by atoms with E-state index in [2.05, 4.69) is 16.3 Å². The van der Waals surface area contributed by atoms with E-state index in [1.807, 2.05) is 0 Å². The smallest absolute Gasteiger partial charge is 0.415 e. The highest BCUT2D eigenvalue weighted by Crippen LogP contribution is 2.49. The summed E-state index contributed by atoms with van der Waals surface area (Å²) in [5.74, 6) is 1.25. The molecule has 214 valence electrons. The molecule has 1 amide bonds. The number of allylic oxidation sites excluding steroid dienone is 1. The first-order valence-electron chi connectivity index (χ1n) is 12.6. The number of fused-ring (bicyclic) bond motifs is 1. The van der Waals surface area contributed by atoms with Gasteiger partial charge in [-0.25, -0.2) is 4.79 Å². The largest absolute Gasteiger partial charge is 0.493 e. The van der Waals surface area contributed by atoms with Crippen LogP contribution in [0.1, 0.15) is 17.0 Å². The van der Waals surface area contributed by atoms with Crippen molar-refractivity contribution in [1.29, 1.82) is 5.26 Å². The molecule has 3 heterocycles. The first-order valence-corrected chi connectivity index (χ1v) is 12.6. The van der Waals surface area contributed by atoms with Crippen molar-refractivity contribution in [3.63, 3.8) is 0 Å². The molecule has 1 aromatic heterocycles. The number of aromatic nitrogens is 2. The summed E-state index contributed by atoms with van der Waals surface area (Å²) in [7, 11) is 6.03. The van der Waals surface area contributed by atoms with E-state index in [1.165, 1.54) is 28.4 Å². The molecule has 0 spiro atoms. The number of rotatable bonds is 7. The SMILES string of the molecule is COc1cc(C2C(C#N)=C(N)Oc3n[nH]c(-c4cc(OC)c(OC)c(OC)c4)c32)ccc1OC(=O)N1CCOCC1. The van der Waals surface area contributed by atoms with Gasteiger partial charge in [0.2, 0.25) is 17.5 Å². The lowest BCUT2D eigenvalue weighted by Crippen LogP contribution is -2.42. The van der Waals surface area contributed by atoms with Gasteiger partial charge >= 0.3 is 6.09 Å². The lowest BCUT2D eigenvalue weighted by atomic mass is 9.83. The van der Waals surface area contributed by atoms with Crippen molar-refractivity contribution in [2.45, 2.75) is 5.92 Å². The van der Waals surface area contributed by atoms with Crippen molar-refractivity contribution >= 4 is 6.09 Å². The van der Waals surface area contributed by atoms with Gasteiger partial charge in [-0.05, 0) is 29.8 Å². The van der Waals surface area contributed by atoms with E-state index in [0.717, 1.165) is 0 Å². The first kappa shape index (κ1) is 27.5. The maximum absolute atomic E-state index is 12.7. The number of nitrogens with one attached hydrogen (secondary N) is 1. The minimum absolute atomic E-state index is 0.0743. The van der Waals surface area contributed by atoms with E-state index >= 15 is 0 Å². The van der Waals surface area contributed by atoms with Gasteiger partial charge in [0.05, 0.1) is 58.8 Å². The van der Waals surface area contributed by atoms with Crippen molar-refractivity contribution in [2.75, 3.05) is 54.7 Å². The Morgan fingerprint density at radius 1 is 1.02 bits per heavy atom. The Bertz CT molecular complexity index is 1510. The van der Waals surface area contributed by atoms with Crippen LogP contribution in [0.15, 0.2) is 41.8 Å². The fourth-order valence-corrected chi connectivity index (χ4v) is 4.88. The molecule has 1 unspecified atom stereocenters.